The molecule has 1 fully saturated rings. The van der Waals surface area contributed by atoms with Crippen LogP contribution in [0.25, 0.3) is 0 Å². The zero-order valence-corrected chi connectivity index (χ0v) is 13.0. The number of nitrogens with zero attached hydrogens (tertiary/aromatic N) is 1. The second-order valence-electron chi connectivity index (χ2n) is 5.58. The van der Waals surface area contributed by atoms with Crippen LogP contribution >= 0.6 is 0 Å². The number of aryl methyl sites for hydroxylation is 1. The van der Waals surface area contributed by atoms with Gasteiger partial charge in [0, 0.05) is 24.1 Å². The van der Waals surface area contributed by atoms with Crippen LogP contribution in [-0.2, 0) is 9.59 Å². The zero-order valence-electron chi connectivity index (χ0n) is 13.0. The fraction of sp³-hybridized carbons (Fsp3) is 0.167. The summed E-state index contributed by atoms with van der Waals surface area (Å²) in [6.45, 7) is 1.77. The van der Waals surface area contributed by atoms with Crippen LogP contribution in [-0.4, -0.2) is 17.7 Å². The van der Waals surface area contributed by atoms with E-state index in [1.807, 2.05) is 0 Å². The number of carbonyl (C=O) groups is 3. The van der Waals surface area contributed by atoms with Crippen molar-refractivity contribution in [2.24, 2.45) is 0 Å². The van der Waals surface area contributed by atoms with Gasteiger partial charge >= 0.3 is 0 Å². The Kier molecular flexibility index (Phi) is 4.12. The van der Waals surface area contributed by atoms with Crippen molar-refractivity contribution in [2.45, 2.75) is 19.8 Å². The number of carbonyl (C=O) groups excluding carboxylic acids is 3. The van der Waals surface area contributed by atoms with Crippen LogP contribution in [0, 0.1) is 12.7 Å². The smallest absolute Gasteiger partial charge is 0.255 e. The summed E-state index contributed by atoms with van der Waals surface area (Å²) in [4.78, 5) is 36.8. The molecule has 1 N–H and O–H groups in total. The highest BCUT2D eigenvalue weighted by atomic mass is 19.1. The summed E-state index contributed by atoms with van der Waals surface area (Å²) >= 11 is 0. The van der Waals surface area contributed by atoms with E-state index in [0.717, 1.165) is 10.5 Å². The van der Waals surface area contributed by atoms with Crippen molar-refractivity contribution in [2.75, 3.05) is 10.2 Å². The molecule has 1 aliphatic heterocycles. The lowest BCUT2D eigenvalue weighted by Gasteiger charge is -2.14. The van der Waals surface area contributed by atoms with Crippen molar-refractivity contribution in [3.05, 3.63) is 59.4 Å². The molecular formula is C18H15FN2O3. The minimum absolute atomic E-state index is 0.208. The normalized spacial score (nSPS) is 14.2. The van der Waals surface area contributed by atoms with Gasteiger partial charge in [0.1, 0.15) is 5.82 Å². The Labute approximate surface area is 138 Å². The molecule has 0 atom stereocenters. The average molecular weight is 326 g/mol. The van der Waals surface area contributed by atoms with Crippen LogP contribution in [0.5, 0.6) is 0 Å². The molecule has 0 saturated carbocycles. The summed E-state index contributed by atoms with van der Waals surface area (Å²) in [7, 11) is 0. The lowest BCUT2D eigenvalue weighted by atomic mass is 10.1. The van der Waals surface area contributed by atoms with Crippen LogP contribution in [0.15, 0.2) is 42.5 Å². The topological polar surface area (TPSA) is 66.5 Å². The van der Waals surface area contributed by atoms with E-state index in [1.54, 1.807) is 25.1 Å². The number of hydrogen-bond donors (Lipinski definition) is 1. The molecule has 0 spiro atoms. The number of nitrogens with one attached hydrogen (secondary N) is 1. The third-order valence-electron chi connectivity index (χ3n) is 3.89. The standard InChI is InChI=1S/C18H15FN2O3/c1-11-2-5-13(19)10-15(11)20-18(24)12-3-6-14(7-4-12)21-16(22)8-9-17(21)23/h2-7,10H,8-9H2,1H3,(H,20,24). The van der Waals surface area contributed by atoms with E-state index in [1.165, 1.54) is 24.3 Å². The molecule has 1 heterocycles. The Morgan fingerprint density at radius 2 is 1.67 bits per heavy atom. The van der Waals surface area contributed by atoms with Gasteiger partial charge in [-0.25, -0.2) is 4.39 Å². The number of halogens is 1. The summed E-state index contributed by atoms with van der Waals surface area (Å²) in [5.41, 5.74) is 1.94. The Morgan fingerprint density at radius 1 is 1.04 bits per heavy atom. The molecule has 0 aromatic heterocycles. The maximum absolute atomic E-state index is 13.3. The van der Waals surface area contributed by atoms with Crippen molar-refractivity contribution in [3.63, 3.8) is 0 Å². The Morgan fingerprint density at radius 3 is 2.29 bits per heavy atom. The molecule has 0 bridgehead atoms. The number of amides is 3. The molecule has 5 nitrogen and oxygen atoms in total. The van der Waals surface area contributed by atoms with Crippen LogP contribution in [0.1, 0.15) is 28.8 Å². The Bertz CT molecular complexity index is 815. The second kappa shape index (κ2) is 6.23. The molecule has 0 unspecified atom stereocenters. The summed E-state index contributed by atoms with van der Waals surface area (Å²) in [6, 6.07) is 10.3. The first kappa shape index (κ1) is 15.9. The molecule has 1 aliphatic rings. The number of benzene rings is 2. The first-order valence-electron chi connectivity index (χ1n) is 7.49. The number of imide groups is 1. The molecule has 2 aromatic carbocycles. The SMILES string of the molecule is Cc1ccc(F)cc1NC(=O)c1ccc(N2C(=O)CCC2=O)cc1. The summed E-state index contributed by atoms with van der Waals surface area (Å²) in [5.74, 6) is -1.31. The van der Waals surface area contributed by atoms with E-state index in [9.17, 15) is 18.8 Å². The predicted octanol–water partition coefficient (Wildman–Crippen LogP) is 3.04. The van der Waals surface area contributed by atoms with Gasteiger partial charge in [-0.05, 0) is 48.9 Å². The van der Waals surface area contributed by atoms with Gasteiger partial charge in [-0.2, -0.15) is 0 Å². The van der Waals surface area contributed by atoms with Crippen LogP contribution < -0.4 is 10.2 Å². The maximum Gasteiger partial charge on any atom is 0.255 e. The number of rotatable bonds is 3. The van der Waals surface area contributed by atoms with E-state index in [0.29, 0.717) is 16.9 Å². The summed E-state index contributed by atoms with van der Waals surface area (Å²) < 4.78 is 13.3. The molecule has 122 valence electrons. The first-order chi connectivity index (χ1) is 11.5. The maximum atomic E-state index is 13.3. The number of hydrogen-bond acceptors (Lipinski definition) is 3. The fourth-order valence-electron chi connectivity index (χ4n) is 2.55. The van der Waals surface area contributed by atoms with E-state index in [4.69, 9.17) is 0 Å². The van der Waals surface area contributed by atoms with Crippen molar-refractivity contribution >= 4 is 29.1 Å². The largest absolute Gasteiger partial charge is 0.322 e. The van der Waals surface area contributed by atoms with Crippen LogP contribution in [0.2, 0.25) is 0 Å². The van der Waals surface area contributed by atoms with Crippen LogP contribution in [0.3, 0.4) is 0 Å². The quantitative estimate of drug-likeness (QED) is 0.882. The van der Waals surface area contributed by atoms with Crippen molar-refractivity contribution < 1.29 is 18.8 Å². The Balaban J connectivity index is 1.78. The third-order valence-corrected chi connectivity index (χ3v) is 3.89. The molecule has 0 radical (unpaired) electrons. The van der Waals surface area contributed by atoms with Gasteiger partial charge in [0.25, 0.3) is 5.91 Å². The predicted molar refractivity (Wildman–Crippen MR) is 87.3 cm³/mol. The van der Waals surface area contributed by atoms with Gasteiger partial charge in [0.05, 0.1) is 5.69 Å². The molecular weight excluding hydrogens is 311 g/mol. The van der Waals surface area contributed by atoms with Gasteiger partial charge in [-0.3, -0.25) is 19.3 Å². The van der Waals surface area contributed by atoms with Crippen molar-refractivity contribution in [3.8, 4) is 0 Å². The molecule has 2 aromatic rings. The van der Waals surface area contributed by atoms with Crippen LogP contribution in [0.4, 0.5) is 15.8 Å². The van der Waals surface area contributed by atoms with Gasteiger partial charge < -0.3 is 5.32 Å². The highest BCUT2D eigenvalue weighted by molar-refractivity contribution is 6.20. The lowest BCUT2D eigenvalue weighted by molar-refractivity contribution is -0.121. The molecule has 1 saturated heterocycles. The highest BCUT2D eigenvalue weighted by Gasteiger charge is 2.30. The summed E-state index contributed by atoms with van der Waals surface area (Å²) in [5, 5.41) is 2.65. The van der Waals surface area contributed by atoms with Gasteiger partial charge in [-0.15, -0.1) is 0 Å². The highest BCUT2D eigenvalue weighted by Crippen LogP contribution is 2.23. The van der Waals surface area contributed by atoms with Crippen molar-refractivity contribution in [1.29, 1.82) is 0 Å². The minimum atomic E-state index is -0.433. The van der Waals surface area contributed by atoms with Gasteiger partial charge in [0.15, 0.2) is 0 Å². The zero-order chi connectivity index (χ0) is 17.3. The van der Waals surface area contributed by atoms with E-state index in [2.05, 4.69) is 5.32 Å². The average Bonchev–Trinajstić information content (AvgIpc) is 2.90. The molecule has 24 heavy (non-hydrogen) atoms. The van der Waals surface area contributed by atoms with Gasteiger partial charge in [0.2, 0.25) is 11.8 Å². The molecule has 6 heteroatoms. The van der Waals surface area contributed by atoms with Crippen molar-refractivity contribution in [1.82, 2.24) is 0 Å². The van der Waals surface area contributed by atoms with E-state index in [-0.39, 0.29) is 24.7 Å². The third kappa shape index (κ3) is 3.03. The van der Waals surface area contributed by atoms with Gasteiger partial charge in [-0.1, -0.05) is 6.07 Å². The van der Waals surface area contributed by atoms with E-state index >= 15 is 0 Å². The number of anilines is 2. The molecule has 3 rings (SSSR count). The summed E-state index contributed by atoms with van der Waals surface area (Å²) in [6.07, 6.45) is 0.417. The Hall–Kier alpha value is -3.02. The monoisotopic (exact) mass is 326 g/mol. The molecule has 3 amide bonds. The lowest BCUT2D eigenvalue weighted by Crippen LogP contribution is -2.28. The molecule has 0 aliphatic carbocycles. The minimum Gasteiger partial charge on any atom is -0.322 e. The fourth-order valence-corrected chi connectivity index (χ4v) is 2.55. The first-order valence-corrected chi connectivity index (χ1v) is 7.49. The second-order valence-corrected chi connectivity index (χ2v) is 5.58. The van der Waals surface area contributed by atoms with E-state index < -0.39 is 11.7 Å².